The molecule has 0 spiro atoms. The number of rotatable bonds is 0. The SMILES string of the molecule is O=c1ccnn[nH]1.O=c1nccc[nH]1. The third kappa shape index (κ3) is 3.90. The van der Waals surface area contributed by atoms with E-state index in [9.17, 15) is 9.59 Å². The first kappa shape index (κ1) is 9.78. The summed E-state index contributed by atoms with van der Waals surface area (Å²) in [5.74, 6) is 0. The van der Waals surface area contributed by atoms with Gasteiger partial charge in [-0.15, -0.1) is 5.10 Å². The molecule has 0 unspecified atom stereocenters. The molecule has 72 valence electrons. The average Bonchev–Trinajstić information content (AvgIpc) is 2.21. The summed E-state index contributed by atoms with van der Waals surface area (Å²) in [4.78, 5) is 25.9. The Morgan fingerprint density at radius 1 is 1.21 bits per heavy atom. The van der Waals surface area contributed by atoms with Crippen LogP contribution in [0.1, 0.15) is 0 Å². The van der Waals surface area contributed by atoms with Gasteiger partial charge in [-0.25, -0.2) is 14.9 Å². The minimum absolute atomic E-state index is 0.227. The normalized spacial score (nSPS) is 8.57. The summed E-state index contributed by atoms with van der Waals surface area (Å²) >= 11 is 0. The summed E-state index contributed by atoms with van der Waals surface area (Å²) < 4.78 is 0. The second kappa shape index (κ2) is 5.36. The Kier molecular flexibility index (Phi) is 3.74. The Bertz CT molecular complexity index is 397. The van der Waals surface area contributed by atoms with E-state index in [0.717, 1.165) is 0 Å². The molecule has 0 fully saturated rings. The molecule has 14 heavy (non-hydrogen) atoms. The largest absolute Gasteiger partial charge is 0.344 e. The predicted octanol–water partition coefficient (Wildman–Crippen LogP) is -1.07. The molecule has 0 aromatic carbocycles. The van der Waals surface area contributed by atoms with E-state index in [2.05, 4.69) is 25.4 Å². The zero-order chi connectivity index (χ0) is 10.2. The summed E-state index contributed by atoms with van der Waals surface area (Å²) in [5.41, 5.74) is -0.530. The van der Waals surface area contributed by atoms with E-state index < -0.39 is 0 Å². The third-order valence-corrected chi connectivity index (χ3v) is 1.09. The Morgan fingerprint density at radius 2 is 2.07 bits per heavy atom. The second-order valence-electron chi connectivity index (χ2n) is 2.09. The van der Waals surface area contributed by atoms with E-state index >= 15 is 0 Å². The van der Waals surface area contributed by atoms with Crippen molar-refractivity contribution in [1.82, 2.24) is 25.4 Å². The van der Waals surface area contributed by atoms with Crippen LogP contribution in [0.2, 0.25) is 0 Å². The lowest BCUT2D eigenvalue weighted by Crippen LogP contribution is -2.05. The van der Waals surface area contributed by atoms with Crippen LogP contribution in [0, 0.1) is 0 Å². The van der Waals surface area contributed by atoms with Gasteiger partial charge >= 0.3 is 5.69 Å². The Labute approximate surface area is 77.9 Å². The number of aromatic amines is 2. The van der Waals surface area contributed by atoms with Gasteiger partial charge in [0.1, 0.15) is 0 Å². The highest BCUT2D eigenvalue weighted by Crippen LogP contribution is 1.61. The van der Waals surface area contributed by atoms with Crippen LogP contribution >= 0.6 is 0 Å². The summed E-state index contributed by atoms with van der Waals surface area (Å²) in [6.45, 7) is 0. The van der Waals surface area contributed by atoms with Gasteiger partial charge < -0.3 is 4.98 Å². The Balaban J connectivity index is 0.000000140. The fourth-order valence-corrected chi connectivity index (χ4v) is 0.560. The number of aromatic nitrogens is 5. The Hall–Kier alpha value is -2.31. The van der Waals surface area contributed by atoms with E-state index in [0.29, 0.717) is 0 Å². The molecule has 2 aromatic rings. The maximum atomic E-state index is 10.1. The van der Waals surface area contributed by atoms with Crippen molar-refractivity contribution in [2.24, 2.45) is 0 Å². The molecule has 0 saturated carbocycles. The molecule has 7 heteroatoms. The molecule has 0 aliphatic rings. The van der Waals surface area contributed by atoms with Crippen LogP contribution in [0.5, 0.6) is 0 Å². The summed E-state index contributed by atoms with van der Waals surface area (Å²) in [6, 6.07) is 2.95. The van der Waals surface area contributed by atoms with E-state index in [-0.39, 0.29) is 11.2 Å². The average molecular weight is 193 g/mol. The van der Waals surface area contributed by atoms with Crippen molar-refractivity contribution >= 4 is 0 Å². The third-order valence-electron chi connectivity index (χ3n) is 1.09. The monoisotopic (exact) mass is 193 g/mol. The van der Waals surface area contributed by atoms with Gasteiger partial charge in [-0.05, 0) is 6.07 Å². The van der Waals surface area contributed by atoms with Crippen molar-refractivity contribution in [3.63, 3.8) is 0 Å². The van der Waals surface area contributed by atoms with Crippen LogP contribution in [-0.2, 0) is 0 Å². The highest BCUT2D eigenvalue weighted by atomic mass is 16.1. The van der Waals surface area contributed by atoms with Crippen LogP contribution in [0.25, 0.3) is 0 Å². The fraction of sp³-hybridized carbons (Fsp3) is 0. The standard InChI is InChI=1S/C4H4N2O.C3H3N3O/c7-4-5-2-1-3-6-4;7-3-1-2-4-6-5-3/h1-3H,(H,5,6,7);1-2H,(H,4,5,7). The first-order valence-corrected chi connectivity index (χ1v) is 3.65. The number of nitrogens with zero attached hydrogens (tertiary/aromatic N) is 3. The van der Waals surface area contributed by atoms with Gasteiger partial charge in [0.2, 0.25) is 0 Å². The van der Waals surface area contributed by atoms with E-state index in [4.69, 9.17) is 0 Å². The summed E-state index contributed by atoms with van der Waals surface area (Å²) in [7, 11) is 0. The smallest absolute Gasteiger partial charge is 0.313 e. The molecular formula is C7H7N5O2. The summed E-state index contributed by atoms with van der Waals surface area (Å²) in [5, 5.41) is 8.65. The van der Waals surface area contributed by atoms with Crippen molar-refractivity contribution in [2.75, 3.05) is 0 Å². The zero-order valence-corrected chi connectivity index (χ0v) is 7.04. The van der Waals surface area contributed by atoms with Crippen molar-refractivity contribution < 1.29 is 0 Å². The van der Waals surface area contributed by atoms with E-state index in [1.165, 1.54) is 24.7 Å². The highest BCUT2D eigenvalue weighted by molar-refractivity contribution is 4.75. The maximum absolute atomic E-state index is 10.1. The molecule has 0 atom stereocenters. The van der Waals surface area contributed by atoms with Gasteiger partial charge in [-0.2, -0.15) is 0 Å². The molecule has 0 aliphatic carbocycles. The van der Waals surface area contributed by atoms with Crippen molar-refractivity contribution in [3.8, 4) is 0 Å². The highest BCUT2D eigenvalue weighted by Gasteiger charge is 1.72. The van der Waals surface area contributed by atoms with Crippen LogP contribution in [0.4, 0.5) is 0 Å². The van der Waals surface area contributed by atoms with Gasteiger partial charge in [0, 0.05) is 18.5 Å². The number of nitrogens with one attached hydrogen (secondary N) is 2. The van der Waals surface area contributed by atoms with Gasteiger partial charge in [-0.3, -0.25) is 4.79 Å². The minimum atomic E-state index is -0.303. The van der Waals surface area contributed by atoms with Gasteiger partial charge in [-0.1, -0.05) is 5.21 Å². The molecule has 2 rings (SSSR count). The number of H-pyrrole nitrogens is 2. The van der Waals surface area contributed by atoms with Crippen LogP contribution in [-0.4, -0.2) is 25.4 Å². The topological polar surface area (TPSA) is 104 Å². The first-order chi connectivity index (χ1) is 6.79. The molecule has 2 N–H and O–H groups in total. The molecule has 0 radical (unpaired) electrons. The minimum Gasteiger partial charge on any atom is -0.313 e. The fourth-order valence-electron chi connectivity index (χ4n) is 0.560. The number of hydrogen-bond donors (Lipinski definition) is 2. The van der Waals surface area contributed by atoms with Gasteiger partial charge in [0.25, 0.3) is 5.56 Å². The lowest BCUT2D eigenvalue weighted by Gasteiger charge is -1.72. The molecule has 7 nitrogen and oxygen atoms in total. The molecular weight excluding hydrogens is 186 g/mol. The van der Waals surface area contributed by atoms with Gasteiger partial charge in [0.15, 0.2) is 0 Å². The van der Waals surface area contributed by atoms with E-state index in [1.54, 1.807) is 6.07 Å². The van der Waals surface area contributed by atoms with Crippen LogP contribution in [0.3, 0.4) is 0 Å². The first-order valence-electron chi connectivity index (χ1n) is 3.65. The van der Waals surface area contributed by atoms with E-state index in [1.807, 2.05) is 0 Å². The zero-order valence-electron chi connectivity index (χ0n) is 7.04. The van der Waals surface area contributed by atoms with Gasteiger partial charge in [0.05, 0.1) is 6.20 Å². The second-order valence-corrected chi connectivity index (χ2v) is 2.09. The maximum Gasteiger partial charge on any atom is 0.344 e. The lowest BCUT2D eigenvalue weighted by molar-refractivity contribution is 0.840. The van der Waals surface area contributed by atoms with Crippen molar-refractivity contribution in [1.29, 1.82) is 0 Å². The van der Waals surface area contributed by atoms with Crippen LogP contribution in [0.15, 0.2) is 40.3 Å². The van der Waals surface area contributed by atoms with Crippen molar-refractivity contribution in [3.05, 3.63) is 51.6 Å². The molecule has 0 bridgehead atoms. The lowest BCUT2D eigenvalue weighted by atomic mass is 10.7. The van der Waals surface area contributed by atoms with Crippen molar-refractivity contribution in [2.45, 2.75) is 0 Å². The molecule has 0 aliphatic heterocycles. The number of hydrogen-bond acceptors (Lipinski definition) is 5. The Morgan fingerprint density at radius 3 is 2.36 bits per heavy atom. The molecule has 0 amide bonds. The predicted molar refractivity (Wildman–Crippen MR) is 47.5 cm³/mol. The summed E-state index contributed by atoms with van der Waals surface area (Å²) in [6.07, 6.45) is 4.31. The quantitative estimate of drug-likeness (QED) is 0.554. The molecule has 2 aromatic heterocycles. The molecule has 0 saturated heterocycles. The van der Waals surface area contributed by atoms with Crippen LogP contribution < -0.4 is 11.2 Å². The molecule has 2 heterocycles.